The lowest BCUT2D eigenvalue weighted by molar-refractivity contribution is -0.384. The Morgan fingerprint density at radius 3 is 2.79 bits per heavy atom. The van der Waals surface area contributed by atoms with E-state index in [2.05, 4.69) is 10.5 Å². The Kier molecular flexibility index (Phi) is 3.43. The average Bonchev–Trinajstić information content (AvgIpc) is 2.69. The molecule has 98 valence electrons. The number of benzene rings is 1. The maximum absolute atomic E-state index is 11.1. The molecule has 0 atom stereocenters. The zero-order valence-corrected chi connectivity index (χ0v) is 10.4. The van der Waals surface area contributed by atoms with E-state index in [0.29, 0.717) is 11.3 Å². The fourth-order valence-corrected chi connectivity index (χ4v) is 2.29. The van der Waals surface area contributed by atoms with E-state index in [4.69, 9.17) is 0 Å². The van der Waals surface area contributed by atoms with Gasteiger partial charge in [0.2, 0.25) is 0 Å². The molecule has 7 nitrogen and oxygen atoms in total. The van der Waals surface area contributed by atoms with Gasteiger partial charge in [0.1, 0.15) is 0 Å². The summed E-state index contributed by atoms with van der Waals surface area (Å²) < 4.78 is 22.1. The van der Waals surface area contributed by atoms with E-state index < -0.39 is 14.8 Å². The van der Waals surface area contributed by atoms with Gasteiger partial charge in [0.25, 0.3) is 5.69 Å². The number of nitro benzene ring substituents is 1. The average molecular weight is 279 g/mol. The Labute approximate surface area is 109 Å². The zero-order chi connectivity index (χ0) is 13.9. The summed E-state index contributed by atoms with van der Waals surface area (Å²) in [5.74, 6) is 0. The van der Waals surface area contributed by atoms with Gasteiger partial charge in [0, 0.05) is 23.1 Å². The highest BCUT2D eigenvalue weighted by Crippen LogP contribution is 2.12. The molecule has 0 bridgehead atoms. The van der Waals surface area contributed by atoms with Crippen molar-refractivity contribution in [2.75, 3.05) is 0 Å². The number of nitrogens with zero attached hydrogens (tertiary/aromatic N) is 2. The van der Waals surface area contributed by atoms with Crippen LogP contribution < -0.4 is 5.43 Å². The lowest BCUT2D eigenvalue weighted by atomic mass is 10.2. The van der Waals surface area contributed by atoms with Gasteiger partial charge in [-0.1, -0.05) is 12.1 Å². The SMILES string of the molecule is O=[N+]([O-])c1cccc(/C=N/NC2=CS(=O)(=O)C=C2)c1. The standard InChI is InChI=1S/C11H9N3O4S/c15-14(16)11-3-1-2-9(6-11)7-12-13-10-4-5-19(17,18)8-10/h1-8,13H/b12-7+. The number of sulfone groups is 1. The third-order valence-corrected chi connectivity index (χ3v) is 3.31. The summed E-state index contributed by atoms with van der Waals surface area (Å²) in [4.78, 5) is 10.1. The summed E-state index contributed by atoms with van der Waals surface area (Å²) in [6, 6.07) is 5.92. The zero-order valence-electron chi connectivity index (χ0n) is 9.55. The number of nitro groups is 1. The summed E-state index contributed by atoms with van der Waals surface area (Å²) in [5.41, 5.74) is 3.36. The van der Waals surface area contributed by atoms with Gasteiger partial charge in [-0.2, -0.15) is 5.10 Å². The predicted octanol–water partition coefficient (Wildman–Crippen LogP) is 1.30. The number of nitrogens with one attached hydrogen (secondary N) is 1. The van der Waals surface area contributed by atoms with Crippen LogP contribution in [0.5, 0.6) is 0 Å². The maximum Gasteiger partial charge on any atom is 0.270 e. The first kappa shape index (κ1) is 13.0. The van der Waals surface area contributed by atoms with Gasteiger partial charge < -0.3 is 0 Å². The van der Waals surface area contributed by atoms with Crippen molar-refractivity contribution in [2.24, 2.45) is 5.10 Å². The molecule has 1 aliphatic heterocycles. The molecular weight excluding hydrogens is 270 g/mol. The summed E-state index contributed by atoms with van der Waals surface area (Å²) in [7, 11) is -3.28. The van der Waals surface area contributed by atoms with E-state index in [-0.39, 0.29) is 5.69 Å². The normalized spacial score (nSPS) is 16.5. The predicted molar refractivity (Wildman–Crippen MR) is 70.0 cm³/mol. The Balaban J connectivity index is 2.06. The van der Waals surface area contributed by atoms with E-state index >= 15 is 0 Å². The van der Waals surface area contributed by atoms with E-state index in [1.54, 1.807) is 12.1 Å². The van der Waals surface area contributed by atoms with Crippen LogP contribution in [0.3, 0.4) is 0 Å². The van der Waals surface area contributed by atoms with Crippen molar-refractivity contribution >= 4 is 21.7 Å². The highest BCUT2D eigenvalue weighted by molar-refractivity contribution is 7.97. The second-order valence-corrected chi connectivity index (χ2v) is 5.37. The Hall–Kier alpha value is -2.48. The molecule has 0 radical (unpaired) electrons. The van der Waals surface area contributed by atoms with Crippen LogP contribution in [0, 0.1) is 10.1 Å². The highest BCUT2D eigenvalue weighted by Gasteiger charge is 2.10. The molecule has 8 heteroatoms. The number of hydrazone groups is 1. The molecule has 1 aromatic rings. The third kappa shape index (κ3) is 3.49. The molecule has 19 heavy (non-hydrogen) atoms. The first-order valence-electron chi connectivity index (χ1n) is 5.15. The fourth-order valence-electron chi connectivity index (χ4n) is 1.39. The van der Waals surface area contributed by atoms with Crippen LogP contribution in [0.15, 0.2) is 52.0 Å². The molecule has 0 fully saturated rings. The lowest BCUT2D eigenvalue weighted by Gasteiger charge is -1.96. The largest absolute Gasteiger partial charge is 0.278 e. The highest BCUT2D eigenvalue weighted by atomic mass is 32.2. The van der Waals surface area contributed by atoms with Crippen LogP contribution in [0.25, 0.3) is 0 Å². The minimum atomic E-state index is -3.28. The van der Waals surface area contributed by atoms with Crippen LogP contribution in [-0.4, -0.2) is 19.6 Å². The van der Waals surface area contributed by atoms with Crippen LogP contribution >= 0.6 is 0 Å². The topological polar surface area (TPSA) is 102 Å². The van der Waals surface area contributed by atoms with Crippen molar-refractivity contribution in [1.82, 2.24) is 5.43 Å². The van der Waals surface area contributed by atoms with Gasteiger partial charge in [-0.15, -0.1) is 0 Å². The summed E-state index contributed by atoms with van der Waals surface area (Å²) in [5, 5.41) is 16.5. The van der Waals surface area contributed by atoms with Gasteiger partial charge in [-0.25, -0.2) is 8.42 Å². The molecule has 0 aromatic heterocycles. The first-order chi connectivity index (χ1) is 8.96. The molecular formula is C11H9N3O4S. The second kappa shape index (κ2) is 5.02. The van der Waals surface area contributed by atoms with E-state index in [1.165, 1.54) is 24.4 Å². The smallest absolute Gasteiger partial charge is 0.270 e. The molecule has 0 saturated carbocycles. The maximum atomic E-state index is 11.1. The Morgan fingerprint density at radius 2 is 2.16 bits per heavy atom. The minimum Gasteiger partial charge on any atom is -0.278 e. The monoisotopic (exact) mass is 279 g/mol. The number of allylic oxidation sites excluding steroid dienone is 1. The third-order valence-electron chi connectivity index (χ3n) is 2.22. The number of hydrogen-bond donors (Lipinski definition) is 1. The van der Waals surface area contributed by atoms with Crippen molar-refractivity contribution in [1.29, 1.82) is 0 Å². The molecule has 1 heterocycles. The van der Waals surface area contributed by atoms with Crippen molar-refractivity contribution in [3.05, 3.63) is 62.5 Å². The van der Waals surface area contributed by atoms with E-state index in [0.717, 1.165) is 10.8 Å². The summed E-state index contributed by atoms with van der Waals surface area (Å²) in [6.45, 7) is 0. The van der Waals surface area contributed by atoms with Crippen LogP contribution in [0.4, 0.5) is 5.69 Å². The first-order valence-corrected chi connectivity index (χ1v) is 6.76. The lowest BCUT2D eigenvalue weighted by Crippen LogP contribution is -2.02. The van der Waals surface area contributed by atoms with Gasteiger partial charge in [0.15, 0.2) is 9.84 Å². The molecule has 0 spiro atoms. The fraction of sp³-hybridized carbons (Fsp3) is 0. The molecule has 1 aromatic carbocycles. The van der Waals surface area contributed by atoms with Gasteiger partial charge in [-0.3, -0.25) is 15.5 Å². The van der Waals surface area contributed by atoms with Gasteiger partial charge >= 0.3 is 0 Å². The quantitative estimate of drug-likeness (QED) is 0.508. The number of non-ortho nitro benzene ring substituents is 1. The Bertz CT molecular complexity index is 704. The summed E-state index contributed by atoms with van der Waals surface area (Å²) in [6.07, 6.45) is 2.74. The number of rotatable bonds is 4. The van der Waals surface area contributed by atoms with Crippen molar-refractivity contribution in [2.45, 2.75) is 0 Å². The van der Waals surface area contributed by atoms with E-state index in [1.807, 2.05) is 0 Å². The second-order valence-electron chi connectivity index (χ2n) is 3.69. The van der Waals surface area contributed by atoms with Gasteiger partial charge in [0.05, 0.1) is 22.2 Å². The molecule has 0 unspecified atom stereocenters. The van der Waals surface area contributed by atoms with Crippen molar-refractivity contribution in [3.8, 4) is 0 Å². The molecule has 1 aliphatic rings. The molecule has 0 amide bonds. The Morgan fingerprint density at radius 1 is 1.37 bits per heavy atom. The van der Waals surface area contributed by atoms with Crippen LogP contribution in [0.2, 0.25) is 0 Å². The minimum absolute atomic E-state index is 0.0356. The molecule has 0 aliphatic carbocycles. The van der Waals surface area contributed by atoms with E-state index in [9.17, 15) is 18.5 Å². The van der Waals surface area contributed by atoms with Gasteiger partial charge in [-0.05, 0) is 6.08 Å². The summed E-state index contributed by atoms with van der Waals surface area (Å²) >= 11 is 0. The van der Waals surface area contributed by atoms with Crippen LogP contribution in [-0.2, 0) is 9.84 Å². The molecule has 1 N–H and O–H groups in total. The van der Waals surface area contributed by atoms with Crippen molar-refractivity contribution < 1.29 is 13.3 Å². The molecule has 2 rings (SSSR count). The van der Waals surface area contributed by atoms with Crippen LogP contribution in [0.1, 0.15) is 5.56 Å². The molecule has 0 saturated heterocycles. The van der Waals surface area contributed by atoms with Crippen molar-refractivity contribution in [3.63, 3.8) is 0 Å². The number of hydrogen-bond acceptors (Lipinski definition) is 6.